The monoisotopic (exact) mass is 251 g/mol. The lowest BCUT2D eigenvalue weighted by Gasteiger charge is -2.37. The molecule has 0 bridgehead atoms. The van der Waals surface area contributed by atoms with Gasteiger partial charge in [0.05, 0.1) is 6.61 Å². The van der Waals surface area contributed by atoms with Crippen LogP contribution in [0.3, 0.4) is 0 Å². The molecule has 1 aromatic rings. The van der Waals surface area contributed by atoms with Gasteiger partial charge in [-0.1, -0.05) is 19.1 Å². The summed E-state index contributed by atoms with van der Waals surface area (Å²) >= 11 is 0. The SMILES string of the molecule is CCNCC1(Cc2ccc(F)cc2)CCCOC1. The maximum absolute atomic E-state index is 12.9. The first-order valence-corrected chi connectivity index (χ1v) is 6.77. The normalized spacial score (nSPS) is 24.1. The molecule has 1 fully saturated rings. The summed E-state index contributed by atoms with van der Waals surface area (Å²) in [7, 11) is 0. The van der Waals surface area contributed by atoms with Crippen LogP contribution in [0.5, 0.6) is 0 Å². The van der Waals surface area contributed by atoms with Gasteiger partial charge in [-0.05, 0) is 43.5 Å². The smallest absolute Gasteiger partial charge is 0.123 e. The molecular formula is C15H22FNO. The summed E-state index contributed by atoms with van der Waals surface area (Å²) in [6, 6.07) is 6.86. The van der Waals surface area contributed by atoms with Crippen LogP contribution in [0, 0.1) is 11.2 Å². The van der Waals surface area contributed by atoms with Gasteiger partial charge in [0.2, 0.25) is 0 Å². The molecule has 1 aliphatic rings. The molecule has 0 amide bonds. The van der Waals surface area contributed by atoms with Gasteiger partial charge >= 0.3 is 0 Å². The third-order valence-electron chi connectivity index (χ3n) is 3.65. The molecule has 1 unspecified atom stereocenters. The summed E-state index contributed by atoms with van der Waals surface area (Å²) in [6.07, 6.45) is 3.25. The van der Waals surface area contributed by atoms with Crippen LogP contribution in [0.25, 0.3) is 0 Å². The Hall–Kier alpha value is -0.930. The Labute approximate surface area is 109 Å². The molecule has 0 radical (unpaired) electrons. The van der Waals surface area contributed by atoms with Crippen LogP contribution in [0.4, 0.5) is 4.39 Å². The van der Waals surface area contributed by atoms with Crippen molar-refractivity contribution in [3.8, 4) is 0 Å². The van der Waals surface area contributed by atoms with Gasteiger partial charge in [-0.25, -0.2) is 4.39 Å². The molecule has 1 aliphatic heterocycles. The minimum absolute atomic E-state index is 0.167. The summed E-state index contributed by atoms with van der Waals surface area (Å²) < 4.78 is 18.6. The van der Waals surface area contributed by atoms with Crippen molar-refractivity contribution in [2.45, 2.75) is 26.2 Å². The predicted octanol–water partition coefficient (Wildman–Crippen LogP) is 2.77. The number of halogens is 1. The molecule has 1 atom stereocenters. The lowest BCUT2D eigenvalue weighted by molar-refractivity contribution is -0.00691. The molecule has 1 aromatic carbocycles. The maximum Gasteiger partial charge on any atom is 0.123 e. The van der Waals surface area contributed by atoms with Crippen molar-refractivity contribution in [1.29, 1.82) is 0 Å². The Morgan fingerprint density at radius 3 is 2.72 bits per heavy atom. The predicted molar refractivity (Wildman–Crippen MR) is 71.1 cm³/mol. The van der Waals surface area contributed by atoms with Gasteiger partial charge < -0.3 is 10.1 Å². The molecule has 0 spiro atoms. The topological polar surface area (TPSA) is 21.3 Å². The molecule has 1 N–H and O–H groups in total. The van der Waals surface area contributed by atoms with Gasteiger partial charge in [-0.3, -0.25) is 0 Å². The van der Waals surface area contributed by atoms with Gasteiger partial charge in [0.25, 0.3) is 0 Å². The molecule has 3 heteroatoms. The molecule has 100 valence electrons. The quantitative estimate of drug-likeness (QED) is 0.869. The van der Waals surface area contributed by atoms with Crippen LogP contribution in [0.15, 0.2) is 24.3 Å². The van der Waals surface area contributed by atoms with Crippen molar-refractivity contribution >= 4 is 0 Å². The fourth-order valence-corrected chi connectivity index (χ4v) is 2.68. The van der Waals surface area contributed by atoms with Crippen LogP contribution >= 0.6 is 0 Å². The Morgan fingerprint density at radius 2 is 2.11 bits per heavy atom. The van der Waals surface area contributed by atoms with Gasteiger partial charge in [0.1, 0.15) is 5.82 Å². The zero-order chi connectivity index (χ0) is 12.8. The fraction of sp³-hybridized carbons (Fsp3) is 0.600. The van der Waals surface area contributed by atoms with E-state index in [1.165, 1.54) is 12.0 Å². The zero-order valence-corrected chi connectivity index (χ0v) is 11.0. The molecule has 2 nitrogen and oxygen atoms in total. The van der Waals surface area contributed by atoms with Gasteiger partial charge in [-0.2, -0.15) is 0 Å². The first kappa shape index (κ1) is 13.5. The summed E-state index contributed by atoms with van der Waals surface area (Å²) in [5, 5.41) is 3.44. The molecule has 0 aliphatic carbocycles. The zero-order valence-electron chi connectivity index (χ0n) is 11.0. The van der Waals surface area contributed by atoms with E-state index >= 15 is 0 Å². The molecule has 1 heterocycles. The van der Waals surface area contributed by atoms with Crippen molar-refractivity contribution in [1.82, 2.24) is 5.32 Å². The maximum atomic E-state index is 12.9. The van der Waals surface area contributed by atoms with E-state index in [9.17, 15) is 4.39 Å². The Kier molecular flexibility index (Phi) is 4.72. The highest BCUT2D eigenvalue weighted by atomic mass is 19.1. The highest BCUT2D eigenvalue weighted by Gasteiger charge is 2.32. The van der Waals surface area contributed by atoms with Gasteiger partial charge in [-0.15, -0.1) is 0 Å². The second-order valence-corrected chi connectivity index (χ2v) is 5.24. The van der Waals surface area contributed by atoms with Gasteiger partial charge in [0.15, 0.2) is 0 Å². The number of ether oxygens (including phenoxy) is 1. The fourth-order valence-electron chi connectivity index (χ4n) is 2.68. The van der Waals surface area contributed by atoms with Crippen molar-refractivity contribution < 1.29 is 9.13 Å². The van der Waals surface area contributed by atoms with E-state index < -0.39 is 0 Å². The third kappa shape index (κ3) is 3.53. The van der Waals surface area contributed by atoms with Crippen LogP contribution in [0.2, 0.25) is 0 Å². The first-order chi connectivity index (χ1) is 8.74. The van der Waals surface area contributed by atoms with E-state index in [-0.39, 0.29) is 11.2 Å². The second-order valence-electron chi connectivity index (χ2n) is 5.24. The average molecular weight is 251 g/mol. The lowest BCUT2D eigenvalue weighted by Crippen LogP contribution is -2.42. The van der Waals surface area contributed by atoms with Gasteiger partial charge in [0, 0.05) is 18.6 Å². The van der Waals surface area contributed by atoms with Crippen molar-refractivity contribution in [2.75, 3.05) is 26.3 Å². The summed E-state index contributed by atoms with van der Waals surface area (Å²) in [5.41, 5.74) is 1.37. The minimum atomic E-state index is -0.167. The third-order valence-corrected chi connectivity index (χ3v) is 3.65. The number of nitrogens with one attached hydrogen (secondary N) is 1. The molecule has 0 saturated carbocycles. The van der Waals surface area contributed by atoms with Crippen LogP contribution in [-0.2, 0) is 11.2 Å². The Bertz CT molecular complexity index is 357. The minimum Gasteiger partial charge on any atom is -0.381 e. The van der Waals surface area contributed by atoms with E-state index in [0.717, 1.165) is 39.1 Å². The standard InChI is InChI=1S/C15H22FNO/c1-2-17-11-15(8-3-9-18-12-15)10-13-4-6-14(16)7-5-13/h4-7,17H,2-3,8-12H2,1H3. The number of hydrogen-bond donors (Lipinski definition) is 1. The first-order valence-electron chi connectivity index (χ1n) is 6.77. The second kappa shape index (κ2) is 6.30. The number of hydrogen-bond acceptors (Lipinski definition) is 2. The van der Waals surface area contributed by atoms with Crippen LogP contribution in [-0.4, -0.2) is 26.3 Å². The Balaban J connectivity index is 2.06. The summed E-state index contributed by atoms with van der Waals surface area (Å²) in [6.45, 7) is 5.75. The van der Waals surface area contributed by atoms with E-state index in [2.05, 4.69) is 12.2 Å². The van der Waals surface area contributed by atoms with E-state index in [4.69, 9.17) is 4.74 Å². The molecule has 2 rings (SSSR count). The highest BCUT2D eigenvalue weighted by molar-refractivity contribution is 5.18. The highest BCUT2D eigenvalue weighted by Crippen LogP contribution is 2.32. The molecule has 1 saturated heterocycles. The van der Waals surface area contributed by atoms with Crippen molar-refractivity contribution in [2.24, 2.45) is 5.41 Å². The summed E-state index contributed by atoms with van der Waals surface area (Å²) in [5.74, 6) is -0.167. The van der Waals surface area contributed by atoms with Crippen LogP contribution in [0.1, 0.15) is 25.3 Å². The Morgan fingerprint density at radius 1 is 1.33 bits per heavy atom. The van der Waals surface area contributed by atoms with Crippen molar-refractivity contribution in [3.63, 3.8) is 0 Å². The van der Waals surface area contributed by atoms with E-state index in [0.29, 0.717) is 0 Å². The van der Waals surface area contributed by atoms with Crippen LogP contribution < -0.4 is 5.32 Å². The van der Waals surface area contributed by atoms with E-state index in [1.54, 1.807) is 12.1 Å². The number of rotatable bonds is 5. The number of benzene rings is 1. The molecular weight excluding hydrogens is 229 g/mol. The summed E-state index contributed by atoms with van der Waals surface area (Å²) in [4.78, 5) is 0. The molecule has 0 aromatic heterocycles. The van der Waals surface area contributed by atoms with E-state index in [1.807, 2.05) is 12.1 Å². The lowest BCUT2D eigenvalue weighted by atomic mass is 9.77. The largest absolute Gasteiger partial charge is 0.381 e. The van der Waals surface area contributed by atoms with Crippen molar-refractivity contribution in [3.05, 3.63) is 35.6 Å². The molecule has 18 heavy (non-hydrogen) atoms. The average Bonchev–Trinajstić information content (AvgIpc) is 2.40.